The molecule has 180 valence electrons. The first kappa shape index (κ1) is 23.7. The molecule has 0 amide bonds. The van der Waals surface area contributed by atoms with Gasteiger partial charge < -0.3 is 29.0 Å². The monoisotopic (exact) mass is 477 g/mol. The van der Waals surface area contributed by atoms with Crippen LogP contribution in [-0.4, -0.2) is 56.1 Å². The van der Waals surface area contributed by atoms with E-state index in [0.717, 1.165) is 6.08 Å². The molecule has 0 fully saturated rings. The van der Waals surface area contributed by atoms with Crippen LogP contribution in [0.25, 0.3) is 10.9 Å². The van der Waals surface area contributed by atoms with Crippen molar-refractivity contribution in [3.05, 3.63) is 66.3 Å². The summed E-state index contributed by atoms with van der Waals surface area (Å²) in [6.07, 6.45) is 3.65. The quantitative estimate of drug-likeness (QED) is 0.345. The van der Waals surface area contributed by atoms with Gasteiger partial charge in [-0.05, 0) is 18.2 Å². The van der Waals surface area contributed by atoms with E-state index in [4.69, 9.17) is 23.7 Å². The summed E-state index contributed by atoms with van der Waals surface area (Å²) in [5, 5.41) is 3.51. The maximum absolute atomic E-state index is 12.8. The molecule has 3 aromatic rings. The van der Waals surface area contributed by atoms with Crippen molar-refractivity contribution in [1.29, 1.82) is 0 Å². The Labute approximate surface area is 201 Å². The number of nitrogens with one attached hydrogen (secondary N) is 1. The number of ketones is 2. The van der Waals surface area contributed by atoms with Crippen LogP contribution in [0.3, 0.4) is 0 Å². The number of fused-ring (bicyclic) bond motifs is 1. The van der Waals surface area contributed by atoms with Crippen LogP contribution in [0.4, 0.5) is 5.82 Å². The zero-order chi connectivity index (χ0) is 24.8. The van der Waals surface area contributed by atoms with Gasteiger partial charge in [0.15, 0.2) is 17.3 Å². The van der Waals surface area contributed by atoms with Crippen LogP contribution in [0.1, 0.15) is 0 Å². The first-order valence-electron chi connectivity index (χ1n) is 10.6. The van der Waals surface area contributed by atoms with Crippen molar-refractivity contribution in [3.63, 3.8) is 0 Å². The Morgan fingerprint density at radius 1 is 0.857 bits per heavy atom. The van der Waals surface area contributed by atoms with Crippen molar-refractivity contribution in [2.24, 2.45) is 0 Å². The van der Waals surface area contributed by atoms with Crippen LogP contribution in [-0.2, 0) is 14.3 Å². The fourth-order valence-electron chi connectivity index (χ4n) is 3.31. The van der Waals surface area contributed by atoms with Crippen LogP contribution in [0.5, 0.6) is 23.0 Å². The molecule has 0 unspecified atom stereocenters. The molecule has 1 heterocycles. The van der Waals surface area contributed by atoms with Gasteiger partial charge in [0.2, 0.25) is 11.6 Å². The number of carbonyl (C=O) groups is 2. The third kappa shape index (κ3) is 5.39. The first-order chi connectivity index (χ1) is 17.0. The third-order valence-corrected chi connectivity index (χ3v) is 5.03. The van der Waals surface area contributed by atoms with Gasteiger partial charge in [0.25, 0.3) is 0 Å². The summed E-state index contributed by atoms with van der Waals surface area (Å²) in [5.74, 6) is 1.20. The van der Waals surface area contributed by atoms with E-state index < -0.39 is 11.6 Å². The van der Waals surface area contributed by atoms with Crippen molar-refractivity contribution in [1.82, 2.24) is 9.97 Å². The van der Waals surface area contributed by atoms with Crippen molar-refractivity contribution < 1.29 is 33.3 Å². The van der Waals surface area contributed by atoms with E-state index in [2.05, 4.69) is 15.3 Å². The molecule has 0 spiro atoms. The summed E-state index contributed by atoms with van der Waals surface area (Å²) in [6.45, 7) is 0.754. The SMILES string of the molecule is COCCOc1cc2ncnc(NC3=CC(=O)C(Oc4cccc(OC)c4)=CC3=O)c2cc1OC. The van der Waals surface area contributed by atoms with E-state index in [1.807, 2.05) is 0 Å². The Bertz CT molecular complexity index is 1330. The zero-order valence-electron chi connectivity index (χ0n) is 19.4. The molecule has 0 saturated heterocycles. The molecule has 10 heteroatoms. The lowest BCUT2D eigenvalue weighted by molar-refractivity contribution is -0.116. The number of rotatable bonds is 10. The van der Waals surface area contributed by atoms with Crippen LogP contribution >= 0.6 is 0 Å². The van der Waals surface area contributed by atoms with Gasteiger partial charge >= 0.3 is 0 Å². The lowest BCUT2D eigenvalue weighted by Gasteiger charge is -2.16. The lowest BCUT2D eigenvalue weighted by atomic mass is 10.1. The summed E-state index contributed by atoms with van der Waals surface area (Å²) in [5.41, 5.74) is 0.607. The van der Waals surface area contributed by atoms with Gasteiger partial charge in [-0.2, -0.15) is 0 Å². The van der Waals surface area contributed by atoms with Crippen molar-refractivity contribution >= 4 is 28.3 Å². The second kappa shape index (κ2) is 10.7. The number of ether oxygens (including phenoxy) is 5. The molecule has 1 aliphatic rings. The van der Waals surface area contributed by atoms with Gasteiger partial charge in [-0.1, -0.05) is 6.07 Å². The maximum Gasteiger partial charge on any atom is 0.223 e. The van der Waals surface area contributed by atoms with Gasteiger partial charge in [0, 0.05) is 36.8 Å². The van der Waals surface area contributed by atoms with Crippen LogP contribution in [0.2, 0.25) is 0 Å². The first-order valence-corrected chi connectivity index (χ1v) is 10.6. The second-order valence-corrected chi connectivity index (χ2v) is 7.28. The molecule has 0 saturated carbocycles. The topological polar surface area (TPSA) is 118 Å². The summed E-state index contributed by atoms with van der Waals surface area (Å²) in [6, 6.07) is 10.1. The average molecular weight is 477 g/mol. The van der Waals surface area contributed by atoms with E-state index in [9.17, 15) is 9.59 Å². The minimum Gasteiger partial charge on any atom is -0.497 e. The van der Waals surface area contributed by atoms with E-state index in [1.54, 1.807) is 43.5 Å². The Balaban J connectivity index is 1.56. The summed E-state index contributed by atoms with van der Waals surface area (Å²) in [4.78, 5) is 33.9. The Morgan fingerprint density at radius 3 is 2.46 bits per heavy atom. The number of hydrogen-bond donors (Lipinski definition) is 1. The molecular formula is C25H23N3O7. The number of benzene rings is 2. The Morgan fingerprint density at radius 2 is 1.69 bits per heavy atom. The minimum absolute atomic E-state index is 0.0485. The predicted molar refractivity (Wildman–Crippen MR) is 127 cm³/mol. The van der Waals surface area contributed by atoms with E-state index in [-0.39, 0.29) is 11.5 Å². The third-order valence-electron chi connectivity index (χ3n) is 5.03. The van der Waals surface area contributed by atoms with Crippen molar-refractivity contribution in [2.45, 2.75) is 0 Å². The molecule has 1 aliphatic carbocycles. The smallest absolute Gasteiger partial charge is 0.223 e. The molecule has 0 atom stereocenters. The van der Waals surface area contributed by atoms with Crippen LogP contribution in [0.15, 0.2) is 66.3 Å². The number of carbonyl (C=O) groups excluding carboxylic acids is 2. The lowest BCUT2D eigenvalue weighted by Crippen LogP contribution is -2.21. The highest BCUT2D eigenvalue weighted by atomic mass is 16.5. The van der Waals surface area contributed by atoms with Crippen molar-refractivity contribution in [3.8, 4) is 23.0 Å². The fourth-order valence-corrected chi connectivity index (χ4v) is 3.31. The van der Waals surface area contributed by atoms with E-state index in [0.29, 0.717) is 52.9 Å². The molecule has 10 nitrogen and oxygen atoms in total. The molecule has 1 N–H and O–H groups in total. The number of hydrogen-bond acceptors (Lipinski definition) is 10. The summed E-state index contributed by atoms with van der Waals surface area (Å²) >= 11 is 0. The predicted octanol–water partition coefficient (Wildman–Crippen LogP) is 3.08. The average Bonchev–Trinajstić information content (AvgIpc) is 2.87. The highest BCUT2D eigenvalue weighted by Crippen LogP contribution is 2.34. The molecule has 0 bridgehead atoms. The molecular weight excluding hydrogens is 454 g/mol. The number of allylic oxidation sites excluding steroid dienone is 2. The largest absolute Gasteiger partial charge is 0.497 e. The number of nitrogens with zero attached hydrogens (tertiary/aromatic N) is 2. The highest BCUT2D eigenvalue weighted by molar-refractivity contribution is 6.20. The Kier molecular flexibility index (Phi) is 7.22. The second-order valence-electron chi connectivity index (χ2n) is 7.28. The molecule has 2 aromatic carbocycles. The molecule has 35 heavy (non-hydrogen) atoms. The summed E-state index contributed by atoms with van der Waals surface area (Å²) in [7, 11) is 4.62. The number of aromatic nitrogens is 2. The normalized spacial score (nSPS) is 13.2. The van der Waals surface area contributed by atoms with Crippen LogP contribution in [0, 0.1) is 0 Å². The van der Waals surface area contributed by atoms with Gasteiger partial charge in [0.1, 0.15) is 30.3 Å². The van der Waals surface area contributed by atoms with E-state index in [1.165, 1.54) is 26.6 Å². The maximum atomic E-state index is 12.8. The summed E-state index contributed by atoms with van der Waals surface area (Å²) < 4.78 is 26.9. The number of methoxy groups -OCH3 is 3. The van der Waals surface area contributed by atoms with Gasteiger partial charge in [-0.15, -0.1) is 0 Å². The standard InChI is InChI=1S/C25H23N3O7/c1-31-7-8-34-24-12-18-17(10-23(24)33-3)25(27-14-26-18)28-19-11-21(30)22(13-20(19)29)35-16-6-4-5-15(9-16)32-2/h4-6,9-14H,7-8H2,1-3H3,(H,26,27,28). The fraction of sp³-hybridized carbons (Fsp3) is 0.200. The molecule has 0 radical (unpaired) electrons. The van der Waals surface area contributed by atoms with Gasteiger partial charge in [-0.25, -0.2) is 9.97 Å². The molecule has 0 aliphatic heterocycles. The van der Waals surface area contributed by atoms with E-state index >= 15 is 0 Å². The van der Waals surface area contributed by atoms with Gasteiger partial charge in [0.05, 0.1) is 32.0 Å². The Hall–Kier alpha value is -4.44. The molecule has 4 rings (SSSR count). The number of anilines is 1. The highest BCUT2D eigenvalue weighted by Gasteiger charge is 2.23. The minimum atomic E-state index is -0.473. The van der Waals surface area contributed by atoms with Gasteiger partial charge in [-0.3, -0.25) is 9.59 Å². The van der Waals surface area contributed by atoms with Crippen LogP contribution < -0.4 is 24.3 Å². The van der Waals surface area contributed by atoms with Crippen molar-refractivity contribution in [2.75, 3.05) is 39.9 Å². The molecule has 1 aromatic heterocycles. The zero-order valence-corrected chi connectivity index (χ0v) is 19.4.